The summed E-state index contributed by atoms with van der Waals surface area (Å²) in [6.45, 7) is 0. The highest BCUT2D eigenvalue weighted by molar-refractivity contribution is 5.97. The lowest BCUT2D eigenvalue weighted by molar-refractivity contribution is 0.0930. The highest BCUT2D eigenvalue weighted by atomic mass is 16.1. The van der Waals surface area contributed by atoms with Crippen LogP contribution in [0.1, 0.15) is 55.3 Å². The number of aromatic amines is 1. The fourth-order valence-corrected chi connectivity index (χ4v) is 2.95. The Morgan fingerprint density at radius 3 is 2.70 bits per heavy atom. The molecular formula is C16H21N3O. The fraction of sp³-hybridized carbons (Fsp3) is 0.500. The first-order valence-electron chi connectivity index (χ1n) is 7.57. The van der Waals surface area contributed by atoms with E-state index in [1.807, 2.05) is 18.2 Å². The van der Waals surface area contributed by atoms with E-state index in [1.165, 1.54) is 32.1 Å². The molecule has 0 unspecified atom stereocenters. The summed E-state index contributed by atoms with van der Waals surface area (Å²) in [5, 5.41) is 3.19. The van der Waals surface area contributed by atoms with Gasteiger partial charge in [-0.05, 0) is 31.0 Å². The molecule has 0 atom stereocenters. The van der Waals surface area contributed by atoms with E-state index < -0.39 is 0 Å². The number of imidazole rings is 1. The molecule has 2 aromatic rings. The van der Waals surface area contributed by atoms with Crippen molar-refractivity contribution in [2.45, 2.75) is 51.0 Å². The molecule has 1 aromatic carbocycles. The first-order valence-corrected chi connectivity index (χ1v) is 7.57. The first-order chi connectivity index (χ1) is 9.83. The highest BCUT2D eigenvalue weighted by Crippen LogP contribution is 2.18. The second kappa shape index (κ2) is 6.07. The molecule has 0 bridgehead atoms. The minimum atomic E-state index is 0.0343. The SMILES string of the molecule is O=C(NC1CCCCCCC1)c1ccc2nc[nH]c2c1. The minimum Gasteiger partial charge on any atom is -0.349 e. The molecule has 0 aliphatic heterocycles. The number of aromatic nitrogens is 2. The van der Waals surface area contributed by atoms with Crippen LogP contribution in [0.4, 0.5) is 0 Å². The number of benzene rings is 1. The Morgan fingerprint density at radius 1 is 1.15 bits per heavy atom. The number of nitrogens with zero attached hydrogens (tertiary/aromatic N) is 1. The number of nitrogens with one attached hydrogen (secondary N) is 2. The summed E-state index contributed by atoms with van der Waals surface area (Å²) in [7, 11) is 0. The summed E-state index contributed by atoms with van der Waals surface area (Å²) in [5.41, 5.74) is 2.52. The number of hydrogen-bond acceptors (Lipinski definition) is 2. The molecule has 106 valence electrons. The Morgan fingerprint density at radius 2 is 1.90 bits per heavy atom. The van der Waals surface area contributed by atoms with Crippen molar-refractivity contribution in [2.75, 3.05) is 0 Å². The Kier molecular flexibility index (Phi) is 4.00. The predicted molar refractivity (Wildman–Crippen MR) is 79.7 cm³/mol. The molecule has 20 heavy (non-hydrogen) atoms. The number of rotatable bonds is 2. The van der Waals surface area contributed by atoms with Crippen LogP contribution in [0, 0.1) is 0 Å². The van der Waals surface area contributed by atoms with Crippen molar-refractivity contribution in [3.05, 3.63) is 30.1 Å². The molecule has 1 aliphatic carbocycles. The van der Waals surface area contributed by atoms with Crippen LogP contribution in [-0.2, 0) is 0 Å². The monoisotopic (exact) mass is 271 g/mol. The first kappa shape index (κ1) is 13.2. The van der Waals surface area contributed by atoms with Gasteiger partial charge in [0, 0.05) is 11.6 Å². The molecule has 0 spiro atoms. The van der Waals surface area contributed by atoms with Gasteiger partial charge in [0.1, 0.15) is 0 Å². The number of fused-ring (bicyclic) bond motifs is 1. The van der Waals surface area contributed by atoms with E-state index in [0.717, 1.165) is 23.9 Å². The summed E-state index contributed by atoms with van der Waals surface area (Å²) in [4.78, 5) is 19.5. The van der Waals surface area contributed by atoms with Crippen molar-refractivity contribution in [1.29, 1.82) is 0 Å². The maximum Gasteiger partial charge on any atom is 0.251 e. The fourth-order valence-electron chi connectivity index (χ4n) is 2.95. The molecule has 1 fully saturated rings. The van der Waals surface area contributed by atoms with Crippen LogP contribution in [0.25, 0.3) is 11.0 Å². The highest BCUT2D eigenvalue weighted by Gasteiger charge is 2.15. The number of hydrogen-bond donors (Lipinski definition) is 2. The van der Waals surface area contributed by atoms with Crippen LogP contribution in [0.2, 0.25) is 0 Å². The Balaban J connectivity index is 1.67. The van der Waals surface area contributed by atoms with Gasteiger partial charge in [-0.2, -0.15) is 0 Å². The molecule has 3 rings (SSSR count). The zero-order chi connectivity index (χ0) is 13.8. The molecule has 1 heterocycles. The van der Waals surface area contributed by atoms with Crippen molar-refractivity contribution in [3.8, 4) is 0 Å². The molecule has 1 saturated carbocycles. The summed E-state index contributed by atoms with van der Waals surface area (Å²) < 4.78 is 0. The van der Waals surface area contributed by atoms with Gasteiger partial charge in [0.05, 0.1) is 17.4 Å². The molecule has 0 radical (unpaired) electrons. The zero-order valence-electron chi connectivity index (χ0n) is 11.7. The number of H-pyrrole nitrogens is 1. The van der Waals surface area contributed by atoms with Crippen LogP contribution in [-0.4, -0.2) is 21.9 Å². The van der Waals surface area contributed by atoms with Crippen molar-refractivity contribution in [2.24, 2.45) is 0 Å². The lowest BCUT2D eigenvalue weighted by atomic mass is 9.96. The van der Waals surface area contributed by atoms with E-state index in [4.69, 9.17) is 0 Å². The van der Waals surface area contributed by atoms with E-state index in [2.05, 4.69) is 15.3 Å². The van der Waals surface area contributed by atoms with E-state index >= 15 is 0 Å². The molecule has 4 nitrogen and oxygen atoms in total. The maximum atomic E-state index is 12.3. The van der Waals surface area contributed by atoms with Gasteiger partial charge < -0.3 is 10.3 Å². The van der Waals surface area contributed by atoms with Crippen molar-refractivity contribution in [1.82, 2.24) is 15.3 Å². The van der Waals surface area contributed by atoms with Gasteiger partial charge in [0.25, 0.3) is 5.91 Å². The topological polar surface area (TPSA) is 57.8 Å². The number of carbonyl (C=O) groups is 1. The van der Waals surface area contributed by atoms with Crippen molar-refractivity contribution in [3.63, 3.8) is 0 Å². The standard InChI is InChI=1S/C16H21N3O/c20-16(19-13-6-4-2-1-3-5-7-13)12-8-9-14-15(10-12)18-11-17-14/h8-11,13H,1-7H2,(H,17,18)(H,19,20). The number of amides is 1. The number of carbonyl (C=O) groups excluding carboxylic acids is 1. The van der Waals surface area contributed by atoms with E-state index in [9.17, 15) is 4.79 Å². The van der Waals surface area contributed by atoms with Gasteiger partial charge in [-0.15, -0.1) is 0 Å². The largest absolute Gasteiger partial charge is 0.349 e. The van der Waals surface area contributed by atoms with Gasteiger partial charge >= 0.3 is 0 Å². The molecule has 1 amide bonds. The van der Waals surface area contributed by atoms with Gasteiger partial charge in [-0.3, -0.25) is 4.79 Å². The van der Waals surface area contributed by atoms with Gasteiger partial charge in [-0.1, -0.05) is 32.1 Å². The van der Waals surface area contributed by atoms with Crippen molar-refractivity contribution < 1.29 is 4.79 Å². The molecule has 1 aromatic heterocycles. The van der Waals surface area contributed by atoms with E-state index in [0.29, 0.717) is 11.6 Å². The Labute approximate surface area is 119 Å². The molecule has 4 heteroatoms. The third-order valence-electron chi connectivity index (χ3n) is 4.12. The molecule has 1 aliphatic rings. The Bertz CT molecular complexity index is 582. The average molecular weight is 271 g/mol. The second-order valence-corrected chi connectivity index (χ2v) is 5.65. The zero-order valence-corrected chi connectivity index (χ0v) is 11.7. The van der Waals surface area contributed by atoms with Crippen LogP contribution >= 0.6 is 0 Å². The summed E-state index contributed by atoms with van der Waals surface area (Å²) in [6.07, 6.45) is 10.3. The minimum absolute atomic E-state index is 0.0343. The summed E-state index contributed by atoms with van der Waals surface area (Å²) >= 11 is 0. The van der Waals surface area contributed by atoms with Gasteiger partial charge in [0.15, 0.2) is 0 Å². The van der Waals surface area contributed by atoms with Crippen LogP contribution in [0.15, 0.2) is 24.5 Å². The predicted octanol–water partition coefficient (Wildman–Crippen LogP) is 3.41. The molecular weight excluding hydrogens is 250 g/mol. The smallest absolute Gasteiger partial charge is 0.251 e. The lowest BCUT2D eigenvalue weighted by Gasteiger charge is -2.21. The summed E-state index contributed by atoms with van der Waals surface area (Å²) in [5.74, 6) is 0.0343. The normalized spacial score (nSPS) is 17.6. The van der Waals surface area contributed by atoms with Crippen molar-refractivity contribution >= 4 is 16.9 Å². The van der Waals surface area contributed by atoms with Gasteiger partial charge in [0.2, 0.25) is 0 Å². The second-order valence-electron chi connectivity index (χ2n) is 5.65. The quantitative estimate of drug-likeness (QED) is 0.879. The molecule has 2 N–H and O–H groups in total. The van der Waals surface area contributed by atoms with Crippen LogP contribution < -0.4 is 5.32 Å². The third kappa shape index (κ3) is 3.00. The van der Waals surface area contributed by atoms with E-state index in [-0.39, 0.29) is 5.91 Å². The lowest BCUT2D eigenvalue weighted by Crippen LogP contribution is -2.35. The van der Waals surface area contributed by atoms with Crippen LogP contribution in [0.5, 0.6) is 0 Å². The van der Waals surface area contributed by atoms with Crippen LogP contribution in [0.3, 0.4) is 0 Å². The third-order valence-corrected chi connectivity index (χ3v) is 4.12. The Hall–Kier alpha value is -1.84. The maximum absolute atomic E-state index is 12.3. The average Bonchev–Trinajstić information content (AvgIpc) is 2.88. The van der Waals surface area contributed by atoms with Gasteiger partial charge in [-0.25, -0.2) is 4.98 Å². The molecule has 0 saturated heterocycles. The summed E-state index contributed by atoms with van der Waals surface area (Å²) in [6, 6.07) is 5.95. The van der Waals surface area contributed by atoms with E-state index in [1.54, 1.807) is 6.33 Å².